The molecule has 1 unspecified atom stereocenters. The molecule has 0 aliphatic carbocycles. The van der Waals surface area contributed by atoms with E-state index in [1.165, 1.54) is 11.8 Å². The number of fused-ring (bicyclic) bond motifs is 1. The van der Waals surface area contributed by atoms with Gasteiger partial charge in [0.2, 0.25) is 0 Å². The van der Waals surface area contributed by atoms with Crippen molar-refractivity contribution in [2.24, 2.45) is 10.9 Å². The summed E-state index contributed by atoms with van der Waals surface area (Å²) in [6.45, 7) is 6.35. The SMILES string of the molecule is CC(C)(C)OC(=O)N1C[C@H]2CSC(NC(=O)c3ccccc3)=NC2(c2cnccn2)C1. The fourth-order valence-electron chi connectivity index (χ4n) is 3.77. The molecule has 2 aromatic rings. The lowest BCUT2D eigenvalue weighted by Crippen LogP contribution is -2.43. The number of rotatable bonds is 2. The van der Waals surface area contributed by atoms with Crippen LogP contribution in [0, 0.1) is 5.92 Å². The second kappa shape index (κ2) is 8.30. The molecule has 0 bridgehead atoms. The lowest BCUT2D eigenvalue weighted by Gasteiger charge is -2.34. The van der Waals surface area contributed by atoms with Crippen molar-refractivity contribution in [2.75, 3.05) is 18.8 Å². The molecule has 0 spiro atoms. The fraction of sp³-hybridized carbons (Fsp3) is 0.409. The van der Waals surface area contributed by atoms with E-state index in [0.717, 1.165) is 0 Å². The number of ether oxygens (including phenoxy) is 1. The summed E-state index contributed by atoms with van der Waals surface area (Å²) in [4.78, 5) is 40.8. The molecule has 3 heterocycles. The van der Waals surface area contributed by atoms with E-state index in [0.29, 0.717) is 35.3 Å². The van der Waals surface area contributed by atoms with Crippen molar-refractivity contribution in [3.63, 3.8) is 0 Å². The van der Waals surface area contributed by atoms with Crippen molar-refractivity contribution < 1.29 is 14.3 Å². The van der Waals surface area contributed by atoms with E-state index in [4.69, 9.17) is 9.73 Å². The van der Waals surface area contributed by atoms with E-state index < -0.39 is 11.1 Å². The highest BCUT2D eigenvalue weighted by Gasteiger charge is 2.53. The number of aromatic nitrogens is 2. The van der Waals surface area contributed by atoms with Crippen LogP contribution < -0.4 is 5.32 Å². The molecule has 0 radical (unpaired) electrons. The molecule has 2 atom stereocenters. The Bertz CT molecular complexity index is 993. The van der Waals surface area contributed by atoms with Crippen LogP contribution in [0.1, 0.15) is 36.8 Å². The average Bonchev–Trinajstić information content (AvgIpc) is 3.14. The van der Waals surface area contributed by atoms with E-state index >= 15 is 0 Å². The number of carbonyl (C=O) groups is 2. The normalized spacial score (nSPS) is 23.0. The molecule has 1 saturated heterocycles. The van der Waals surface area contributed by atoms with Gasteiger partial charge in [-0.05, 0) is 32.9 Å². The quantitative estimate of drug-likeness (QED) is 0.773. The van der Waals surface area contributed by atoms with E-state index in [2.05, 4.69) is 15.3 Å². The van der Waals surface area contributed by atoms with Gasteiger partial charge in [-0.25, -0.2) is 9.79 Å². The number of thioether (sulfide) groups is 1. The molecule has 162 valence electrons. The van der Waals surface area contributed by atoms with Crippen molar-refractivity contribution >= 4 is 28.9 Å². The van der Waals surface area contributed by atoms with Gasteiger partial charge in [0, 0.05) is 36.2 Å². The second-order valence-corrected chi connectivity index (χ2v) is 9.63. The predicted octanol–water partition coefficient (Wildman–Crippen LogP) is 3.07. The van der Waals surface area contributed by atoms with Gasteiger partial charge in [0.25, 0.3) is 5.91 Å². The number of likely N-dealkylation sites (tertiary alicyclic amines) is 1. The summed E-state index contributed by atoms with van der Waals surface area (Å²) in [6, 6.07) is 9.00. The number of amidine groups is 1. The summed E-state index contributed by atoms with van der Waals surface area (Å²) in [5, 5.41) is 3.43. The van der Waals surface area contributed by atoms with E-state index in [1.807, 2.05) is 39.0 Å². The standard InChI is InChI=1S/C22H25N5O3S/c1-21(2,3)30-20(29)27-12-16-13-31-19(25-18(28)15-7-5-4-6-8-15)26-22(16,14-27)17-11-23-9-10-24-17/h4-11,16H,12-14H2,1-3H3,(H,25,26,28)/t16-,22?/m0/s1. The molecule has 2 amide bonds. The first-order chi connectivity index (χ1) is 14.8. The van der Waals surface area contributed by atoms with Gasteiger partial charge in [-0.1, -0.05) is 30.0 Å². The summed E-state index contributed by atoms with van der Waals surface area (Å²) in [5.74, 6) is 0.490. The lowest BCUT2D eigenvalue weighted by molar-refractivity contribution is 0.0282. The maximum absolute atomic E-state index is 12.8. The Morgan fingerprint density at radius 1 is 1.23 bits per heavy atom. The maximum atomic E-state index is 12.8. The van der Waals surface area contributed by atoms with Gasteiger partial charge in [-0.2, -0.15) is 0 Å². The van der Waals surface area contributed by atoms with Crippen LogP contribution in [0.2, 0.25) is 0 Å². The van der Waals surface area contributed by atoms with Crippen molar-refractivity contribution in [2.45, 2.75) is 31.9 Å². The number of benzene rings is 1. The molecule has 9 heteroatoms. The van der Waals surface area contributed by atoms with Crippen molar-refractivity contribution in [1.29, 1.82) is 0 Å². The molecule has 4 rings (SSSR count). The third kappa shape index (κ3) is 4.56. The minimum absolute atomic E-state index is 0.0269. The van der Waals surface area contributed by atoms with Crippen LogP contribution in [0.5, 0.6) is 0 Å². The van der Waals surface area contributed by atoms with Crippen LogP contribution in [0.25, 0.3) is 0 Å². The molecule has 1 fully saturated rings. The molecule has 1 aromatic heterocycles. The zero-order valence-electron chi connectivity index (χ0n) is 17.7. The smallest absolute Gasteiger partial charge is 0.410 e. The molecule has 2 aliphatic heterocycles. The van der Waals surface area contributed by atoms with Gasteiger partial charge < -0.3 is 15.0 Å². The minimum Gasteiger partial charge on any atom is -0.444 e. The minimum atomic E-state index is -0.782. The number of carbonyl (C=O) groups excluding carboxylic acids is 2. The molecular weight excluding hydrogens is 414 g/mol. The zero-order valence-corrected chi connectivity index (χ0v) is 18.6. The average molecular weight is 440 g/mol. The highest BCUT2D eigenvalue weighted by Crippen LogP contribution is 2.45. The molecule has 1 aromatic carbocycles. The largest absolute Gasteiger partial charge is 0.444 e. The van der Waals surface area contributed by atoms with Crippen molar-refractivity contribution in [1.82, 2.24) is 20.2 Å². The number of hydrogen-bond donors (Lipinski definition) is 1. The highest BCUT2D eigenvalue weighted by atomic mass is 32.2. The van der Waals surface area contributed by atoms with Gasteiger partial charge in [-0.15, -0.1) is 0 Å². The number of nitrogens with zero attached hydrogens (tertiary/aromatic N) is 4. The summed E-state index contributed by atoms with van der Waals surface area (Å²) in [6.07, 6.45) is 4.54. The van der Waals surface area contributed by atoms with E-state index in [1.54, 1.807) is 35.6 Å². The summed E-state index contributed by atoms with van der Waals surface area (Å²) >= 11 is 1.47. The fourth-order valence-corrected chi connectivity index (χ4v) is 4.90. The number of amides is 2. The van der Waals surface area contributed by atoms with Crippen LogP contribution in [-0.2, 0) is 10.3 Å². The Kier molecular flexibility index (Phi) is 5.70. The Balaban J connectivity index is 1.64. The topological polar surface area (TPSA) is 96.8 Å². The Morgan fingerprint density at radius 2 is 2.00 bits per heavy atom. The monoisotopic (exact) mass is 439 g/mol. The van der Waals surface area contributed by atoms with Gasteiger partial charge in [0.05, 0.1) is 18.4 Å². The second-order valence-electron chi connectivity index (χ2n) is 8.62. The first-order valence-corrected chi connectivity index (χ1v) is 11.1. The predicted molar refractivity (Wildman–Crippen MR) is 119 cm³/mol. The van der Waals surface area contributed by atoms with Crippen LogP contribution in [0.15, 0.2) is 53.9 Å². The summed E-state index contributed by atoms with van der Waals surface area (Å²) in [5.41, 5.74) is -0.131. The van der Waals surface area contributed by atoms with Gasteiger partial charge in [0.15, 0.2) is 5.17 Å². The third-order valence-corrected chi connectivity index (χ3v) is 6.22. The molecule has 2 aliphatic rings. The van der Waals surface area contributed by atoms with Gasteiger partial charge >= 0.3 is 6.09 Å². The van der Waals surface area contributed by atoms with Crippen LogP contribution in [0.4, 0.5) is 4.79 Å². The van der Waals surface area contributed by atoms with Crippen molar-refractivity contribution in [3.8, 4) is 0 Å². The first kappa shape index (κ1) is 21.3. The molecule has 0 saturated carbocycles. The summed E-state index contributed by atoms with van der Waals surface area (Å²) in [7, 11) is 0. The lowest BCUT2D eigenvalue weighted by atomic mass is 9.86. The van der Waals surface area contributed by atoms with Gasteiger partial charge in [-0.3, -0.25) is 14.8 Å². The maximum Gasteiger partial charge on any atom is 0.410 e. The zero-order chi connectivity index (χ0) is 22.1. The highest BCUT2D eigenvalue weighted by molar-refractivity contribution is 8.13. The Hall–Kier alpha value is -2.94. The number of hydrogen-bond acceptors (Lipinski definition) is 7. The molecule has 31 heavy (non-hydrogen) atoms. The molecular formula is C22H25N5O3S. The van der Waals surface area contributed by atoms with Gasteiger partial charge in [0.1, 0.15) is 11.1 Å². The first-order valence-electron chi connectivity index (χ1n) is 10.1. The summed E-state index contributed by atoms with van der Waals surface area (Å²) < 4.78 is 5.58. The number of nitrogens with one attached hydrogen (secondary N) is 1. The molecule has 8 nitrogen and oxygen atoms in total. The molecule has 1 N–H and O–H groups in total. The number of aliphatic imine (C=N–C) groups is 1. The van der Waals surface area contributed by atoms with E-state index in [9.17, 15) is 9.59 Å². The Morgan fingerprint density at radius 3 is 2.68 bits per heavy atom. The van der Waals surface area contributed by atoms with Crippen LogP contribution in [0.3, 0.4) is 0 Å². The van der Waals surface area contributed by atoms with Crippen molar-refractivity contribution in [3.05, 3.63) is 60.2 Å². The Labute approximate surface area is 185 Å². The van der Waals surface area contributed by atoms with Crippen LogP contribution >= 0.6 is 11.8 Å². The van der Waals surface area contributed by atoms with E-state index in [-0.39, 0.29) is 17.9 Å². The third-order valence-electron chi connectivity index (χ3n) is 5.19. The van der Waals surface area contributed by atoms with Crippen LogP contribution in [-0.4, -0.2) is 56.5 Å².